The lowest BCUT2D eigenvalue weighted by atomic mass is 10.1. The molecule has 3 heterocycles. The summed E-state index contributed by atoms with van der Waals surface area (Å²) in [5.74, 6) is 1.26. The fourth-order valence-corrected chi connectivity index (χ4v) is 3.60. The summed E-state index contributed by atoms with van der Waals surface area (Å²) in [5.41, 5.74) is 7.16. The van der Waals surface area contributed by atoms with E-state index in [0.29, 0.717) is 36.7 Å². The molecule has 37 heavy (non-hydrogen) atoms. The maximum atomic E-state index is 12.7. The van der Waals surface area contributed by atoms with Crippen molar-refractivity contribution in [2.75, 3.05) is 17.0 Å². The van der Waals surface area contributed by atoms with Gasteiger partial charge in [-0.25, -0.2) is 15.4 Å². The van der Waals surface area contributed by atoms with Crippen molar-refractivity contribution in [3.05, 3.63) is 84.1 Å². The molecule has 0 saturated heterocycles. The molecule has 194 valence electrons. The highest BCUT2D eigenvalue weighted by atomic mass is 16.1. The largest absolute Gasteiger partial charge is 0.378 e. The Morgan fingerprint density at radius 1 is 1.08 bits per heavy atom. The van der Waals surface area contributed by atoms with Crippen LogP contribution in [0.15, 0.2) is 72.2 Å². The van der Waals surface area contributed by atoms with Crippen LogP contribution in [0.3, 0.4) is 0 Å². The second-order valence-electron chi connectivity index (χ2n) is 7.85. The number of hydrogen-bond acceptors (Lipinski definition) is 9. The topological polar surface area (TPSA) is 125 Å². The van der Waals surface area contributed by atoms with Crippen LogP contribution in [-0.2, 0) is 20.1 Å². The van der Waals surface area contributed by atoms with Crippen LogP contribution in [0.2, 0.25) is 0 Å². The van der Waals surface area contributed by atoms with E-state index in [0.717, 1.165) is 22.8 Å². The molecule has 4 aromatic rings. The summed E-state index contributed by atoms with van der Waals surface area (Å²) < 4.78 is 1.88. The van der Waals surface area contributed by atoms with Crippen molar-refractivity contribution in [2.24, 2.45) is 12.1 Å². The maximum absolute atomic E-state index is 12.7. The number of carbonyl (C=O) groups is 1. The van der Waals surface area contributed by atoms with Crippen molar-refractivity contribution in [1.29, 1.82) is 0 Å². The number of carbonyl (C=O) groups excluding carboxylic acids is 1. The van der Waals surface area contributed by atoms with E-state index in [4.69, 9.17) is 0 Å². The first kappa shape index (κ1) is 25.5. The van der Waals surface area contributed by atoms with Gasteiger partial charge in [-0.1, -0.05) is 32.0 Å². The molecular formula is C26H34N10O. The van der Waals surface area contributed by atoms with E-state index < -0.39 is 0 Å². The molecule has 0 atom stereocenters. The first-order valence-corrected chi connectivity index (χ1v) is 12.1. The van der Waals surface area contributed by atoms with Gasteiger partial charge in [0.25, 0.3) is 5.91 Å². The maximum Gasteiger partial charge on any atom is 0.251 e. The number of nitrogens with one attached hydrogen (secondary N) is 3. The Labute approximate surface area is 218 Å². The summed E-state index contributed by atoms with van der Waals surface area (Å²) in [4.78, 5) is 20.9. The van der Waals surface area contributed by atoms with Gasteiger partial charge in [-0.3, -0.25) is 4.79 Å². The molecule has 0 saturated carbocycles. The number of hydrazone groups is 1. The third kappa shape index (κ3) is 6.33. The van der Waals surface area contributed by atoms with Gasteiger partial charge in [-0.2, -0.15) is 10.2 Å². The lowest BCUT2D eigenvalue weighted by Gasteiger charge is -2.14. The molecule has 1 aliphatic rings. The van der Waals surface area contributed by atoms with Crippen LogP contribution >= 0.6 is 0 Å². The summed E-state index contributed by atoms with van der Waals surface area (Å²) >= 11 is 0. The van der Waals surface area contributed by atoms with Gasteiger partial charge in [-0.05, 0) is 42.0 Å². The molecule has 5 rings (SSSR count). The first-order valence-electron chi connectivity index (χ1n) is 12.1. The number of nitrogens with zero attached hydrogens (tertiary/aromatic N) is 7. The normalized spacial score (nSPS) is 12.1. The summed E-state index contributed by atoms with van der Waals surface area (Å²) in [7, 11) is 1.89. The number of hydrazine groups is 1. The van der Waals surface area contributed by atoms with E-state index in [1.54, 1.807) is 23.4 Å². The van der Waals surface area contributed by atoms with E-state index in [-0.39, 0.29) is 8.76 Å². The number of benzene rings is 2. The van der Waals surface area contributed by atoms with Gasteiger partial charge in [0.15, 0.2) is 11.6 Å². The van der Waals surface area contributed by atoms with E-state index in [1.807, 2.05) is 74.1 Å². The average Bonchev–Trinajstić information content (AvgIpc) is 3.63. The van der Waals surface area contributed by atoms with Crippen molar-refractivity contribution in [2.45, 2.75) is 26.9 Å². The van der Waals surface area contributed by atoms with Crippen molar-refractivity contribution in [1.82, 2.24) is 35.5 Å². The minimum absolute atomic E-state index is 0. The van der Waals surface area contributed by atoms with E-state index in [9.17, 15) is 4.79 Å². The molecule has 3 N–H and O–H groups in total. The molecule has 0 fully saturated rings. The lowest BCUT2D eigenvalue weighted by Crippen LogP contribution is -2.28. The Morgan fingerprint density at radius 2 is 1.92 bits per heavy atom. The quantitative estimate of drug-likeness (QED) is 0.333. The van der Waals surface area contributed by atoms with Crippen LogP contribution in [0.25, 0.3) is 11.5 Å². The number of rotatable bonds is 8. The smallest absolute Gasteiger partial charge is 0.251 e. The highest BCUT2D eigenvalue weighted by Crippen LogP contribution is 2.17. The Bertz CT molecular complexity index is 1350. The predicted molar refractivity (Wildman–Crippen MR) is 148 cm³/mol. The second-order valence-corrected chi connectivity index (χ2v) is 7.85. The van der Waals surface area contributed by atoms with E-state index >= 15 is 0 Å². The standard InChI is InChI=1S/C24H24N10O.C2H6.2H2/c1-33-22(31-32-23(33)21-9-10-25-16-28-21)15-26-19-4-2-3-18(13-19)24(35)27-14-17-5-7-20(8-6-17)34-29-11-12-30-34;1-2;;/h2-11,13,16,26,30H,12,14-15H2,1H3,(H,27,35);1-2H3;2*1H. The molecule has 0 bridgehead atoms. The molecular weight excluding hydrogens is 468 g/mol. The third-order valence-electron chi connectivity index (χ3n) is 5.51. The van der Waals surface area contributed by atoms with Crippen molar-refractivity contribution >= 4 is 23.5 Å². The Hall–Kier alpha value is -4.64. The zero-order valence-electron chi connectivity index (χ0n) is 21.1. The molecule has 0 unspecified atom stereocenters. The van der Waals surface area contributed by atoms with Gasteiger partial charge in [-0.15, -0.1) is 10.2 Å². The van der Waals surface area contributed by atoms with Gasteiger partial charge in [0.05, 0.1) is 18.8 Å². The minimum atomic E-state index is -0.145. The van der Waals surface area contributed by atoms with Gasteiger partial charge in [0.2, 0.25) is 0 Å². The first-order chi connectivity index (χ1) is 18.2. The molecule has 1 aliphatic heterocycles. The fourth-order valence-electron chi connectivity index (χ4n) is 3.60. The number of hydrogen-bond donors (Lipinski definition) is 3. The molecule has 0 aliphatic carbocycles. The predicted octanol–water partition coefficient (Wildman–Crippen LogP) is 3.64. The van der Waals surface area contributed by atoms with Gasteiger partial charge >= 0.3 is 0 Å². The van der Waals surface area contributed by atoms with Crippen LogP contribution in [0.5, 0.6) is 0 Å². The van der Waals surface area contributed by atoms with Crippen LogP contribution in [0.4, 0.5) is 11.4 Å². The molecule has 11 heteroatoms. The zero-order chi connectivity index (χ0) is 26.0. The highest BCUT2D eigenvalue weighted by molar-refractivity contribution is 5.95. The average molecular weight is 503 g/mol. The molecule has 2 aromatic carbocycles. The van der Waals surface area contributed by atoms with Gasteiger partial charge in [0.1, 0.15) is 12.0 Å². The summed E-state index contributed by atoms with van der Waals surface area (Å²) in [6, 6.07) is 17.0. The Balaban J connectivity index is 0.00000130. The SMILES string of the molecule is CC.Cn1c(CNc2cccc(C(=O)NCc3ccc(N4N=CCN4)cc3)c2)nnc1-c1ccncn1.[HH].[HH]. The molecule has 0 spiro atoms. The zero-order valence-corrected chi connectivity index (χ0v) is 21.1. The highest BCUT2D eigenvalue weighted by Gasteiger charge is 2.12. The molecule has 11 nitrogen and oxygen atoms in total. The van der Waals surface area contributed by atoms with Gasteiger partial charge < -0.3 is 15.2 Å². The molecule has 0 radical (unpaired) electrons. The fraction of sp³-hybridized carbons (Fsp3) is 0.231. The molecule has 2 aromatic heterocycles. The molecule has 1 amide bonds. The van der Waals surface area contributed by atoms with Crippen LogP contribution in [0, 0.1) is 0 Å². The van der Waals surface area contributed by atoms with E-state index in [1.165, 1.54) is 6.33 Å². The van der Waals surface area contributed by atoms with E-state index in [2.05, 4.69) is 41.3 Å². The minimum Gasteiger partial charge on any atom is -0.378 e. The number of amides is 1. The Morgan fingerprint density at radius 3 is 2.65 bits per heavy atom. The lowest BCUT2D eigenvalue weighted by molar-refractivity contribution is 0.0951. The van der Waals surface area contributed by atoms with Gasteiger partial charge in [0, 0.05) is 40.1 Å². The summed E-state index contributed by atoms with van der Waals surface area (Å²) in [6.45, 7) is 5.59. The summed E-state index contributed by atoms with van der Waals surface area (Å²) in [6.07, 6.45) is 4.96. The van der Waals surface area contributed by atoms with Crippen molar-refractivity contribution < 1.29 is 7.65 Å². The third-order valence-corrected chi connectivity index (χ3v) is 5.51. The van der Waals surface area contributed by atoms with Crippen LogP contribution in [0.1, 0.15) is 38.4 Å². The summed E-state index contributed by atoms with van der Waals surface area (Å²) in [5, 5.41) is 20.7. The monoisotopic (exact) mass is 502 g/mol. The van der Waals surface area contributed by atoms with Crippen LogP contribution < -0.4 is 21.2 Å². The number of anilines is 2. The van der Waals surface area contributed by atoms with Crippen molar-refractivity contribution in [3.63, 3.8) is 0 Å². The van der Waals surface area contributed by atoms with Crippen molar-refractivity contribution in [3.8, 4) is 11.5 Å². The van der Waals surface area contributed by atoms with Crippen LogP contribution in [-0.4, -0.2) is 43.4 Å². The Kier molecular flexibility index (Phi) is 8.50. The number of aromatic nitrogens is 5. The second kappa shape index (κ2) is 12.4.